The largest absolute Gasteiger partial charge is 0.301 e. The molecule has 0 saturated carbocycles. The number of aromatic amines is 1. The topological polar surface area (TPSA) is 60.9 Å². The molecule has 2 aliphatic rings. The molecule has 0 unspecified atom stereocenters. The molecule has 1 fully saturated rings. The fourth-order valence-electron chi connectivity index (χ4n) is 5.04. The highest BCUT2D eigenvalue weighted by atomic mass is 15.5. The SMILES string of the molecule is c1ccc2c(c1)CCc1ccccc1C2N1CCN(CCCCc2nn[nH]n2)CC1. The summed E-state index contributed by atoms with van der Waals surface area (Å²) in [6.45, 7) is 5.69. The van der Waals surface area contributed by atoms with Gasteiger partial charge in [0.05, 0.1) is 6.04 Å². The Morgan fingerprint density at radius 2 is 1.50 bits per heavy atom. The molecular formula is C24H30N6. The summed E-state index contributed by atoms with van der Waals surface area (Å²) in [7, 11) is 0. The number of unbranched alkanes of at least 4 members (excludes halogenated alkanes) is 1. The van der Waals surface area contributed by atoms with Gasteiger partial charge in [0.15, 0.2) is 5.82 Å². The van der Waals surface area contributed by atoms with E-state index in [0.717, 1.165) is 64.2 Å². The van der Waals surface area contributed by atoms with Crippen LogP contribution in [0.4, 0.5) is 0 Å². The van der Waals surface area contributed by atoms with Crippen molar-refractivity contribution in [1.82, 2.24) is 30.4 Å². The molecule has 6 heteroatoms. The Morgan fingerprint density at radius 3 is 2.13 bits per heavy atom. The summed E-state index contributed by atoms with van der Waals surface area (Å²) in [5.41, 5.74) is 6.05. The van der Waals surface area contributed by atoms with Crippen LogP contribution in [0.1, 0.15) is 47.0 Å². The van der Waals surface area contributed by atoms with Crippen LogP contribution in [0.15, 0.2) is 48.5 Å². The van der Waals surface area contributed by atoms with Gasteiger partial charge >= 0.3 is 0 Å². The van der Waals surface area contributed by atoms with Crippen LogP contribution in [-0.4, -0.2) is 63.1 Å². The number of nitrogens with zero attached hydrogens (tertiary/aromatic N) is 5. The molecule has 1 N–H and O–H groups in total. The molecule has 5 rings (SSSR count). The molecule has 30 heavy (non-hydrogen) atoms. The van der Waals surface area contributed by atoms with E-state index in [1.165, 1.54) is 28.7 Å². The molecule has 1 aromatic heterocycles. The summed E-state index contributed by atoms with van der Waals surface area (Å²) >= 11 is 0. The van der Waals surface area contributed by atoms with Crippen molar-refractivity contribution in [3.8, 4) is 0 Å². The van der Waals surface area contributed by atoms with Crippen molar-refractivity contribution in [2.75, 3.05) is 32.7 Å². The fraction of sp³-hybridized carbons (Fsp3) is 0.458. The Kier molecular flexibility index (Phi) is 5.86. The average Bonchev–Trinajstić information content (AvgIpc) is 3.25. The highest BCUT2D eigenvalue weighted by Gasteiger charge is 2.30. The van der Waals surface area contributed by atoms with E-state index in [4.69, 9.17) is 0 Å². The van der Waals surface area contributed by atoms with Gasteiger partial charge in [0.1, 0.15) is 0 Å². The predicted molar refractivity (Wildman–Crippen MR) is 117 cm³/mol. The van der Waals surface area contributed by atoms with Crippen LogP contribution >= 0.6 is 0 Å². The highest BCUT2D eigenvalue weighted by molar-refractivity contribution is 5.44. The monoisotopic (exact) mass is 402 g/mol. The third-order valence-electron chi connectivity index (χ3n) is 6.65. The van der Waals surface area contributed by atoms with Crippen molar-refractivity contribution in [3.63, 3.8) is 0 Å². The van der Waals surface area contributed by atoms with E-state index in [2.05, 4.69) is 79.0 Å². The maximum atomic E-state index is 4.04. The van der Waals surface area contributed by atoms with E-state index < -0.39 is 0 Å². The number of benzene rings is 2. The summed E-state index contributed by atoms with van der Waals surface area (Å²) in [6.07, 6.45) is 5.49. The van der Waals surface area contributed by atoms with E-state index >= 15 is 0 Å². The van der Waals surface area contributed by atoms with E-state index in [9.17, 15) is 0 Å². The lowest BCUT2D eigenvalue weighted by Gasteiger charge is -2.40. The van der Waals surface area contributed by atoms with Crippen molar-refractivity contribution in [2.45, 2.75) is 38.1 Å². The summed E-state index contributed by atoms with van der Waals surface area (Å²) < 4.78 is 0. The van der Waals surface area contributed by atoms with Gasteiger partial charge in [0, 0.05) is 32.6 Å². The molecule has 0 bridgehead atoms. The summed E-state index contributed by atoms with van der Waals surface area (Å²) in [5.74, 6) is 0.825. The second kappa shape index (κ2) is 9.06. The van der Waals surface area contributed by atoms with Gasteiger partial charge in [-0.2, -0.15) is 5.21 Å². The number of H-pyrrole nitrogens is 1. The minimum absolute atomic E-state index is 0.389. The minimum Gasteiger partial charge on any atom is -0.301 e. The van der Waals surface area contributed by atoms with Crippen molar-refractivity contribution >= 4 is 0 Å². The predicted octanol–water partition coefficient (Wildman–Crippen LogP) is 3.03. The second-order valence-corrected chi connectivity index (χ2v) is 8.46. The lowest BCUT2D eigenvalue weighted by Crippen LogP contribution is -2.48. The molecule has 1 aliphatic heterocycles. The standard InChI is InChI=1S/C24H30N6/c1-3-9-21-19(7-1)12-13-20-8-2-4-10-22(20)24(21)30-17-15-29(16-18-30)14-6-5-11-23-25-27-28-26-23/h1-4,7-10,24H,5-6,11-18H2,(H,25,26,27,28). The van der Waals surface area contributed by atoms with Crippen LogP contribution in [0.5, 0.6) is 0 Å². The number of piperazine rings is 1. The smallest absolute Gasteiger partial charge is 0.174 e. The van der Waals surface area contributed by atoms with Crippen LogP contribution in [0.25, 0.3) is 0 Å². The molecule has 6 nitrogen and oxygen atoms in total. The third-order valence-corrected chi connectivity index (χ3v) is 6.65. The number of hydrogen-bond donors (Lipinski definition) is 1. The Labute approximate surface area is 178 Å². The van der Waals surface area contributed by atoms with Gasteiger partial charge in [-0.3, -0.25) is 4.90 Å². The molecular weight excluding hydrogens is 372 g/mol. The van der Waals surface area contributed by atoms with Gasteiger partial charge in [-0.15, -0.1) is 10.2 Å². The molecule has 0 atom stereocenters. The zero-order chi connectivity index (χ0) is 20.2. The van der Waals surface area contributed by atoms with Gasteiger partial charge in [-0.25, -0.2) is 0 Å². The average molecular weight is 403 g/mol. The van der Waals surface area contributed by atoms with E-state index in [1.54, 1.807) is 0 Å². The van der Waals surface area contributed by atoms with Crippen molar-refractivity contribution in [1.29, 1.82) is 0 Å². The quantitative estimate of drug-likeness (QED) is 0.642. The van der Waals surface area contributed by atoms with Crippen molar-refractivity contribution in [3.05, 3.63) is 76.6 Å². The molecule has 0 amide bonds. The first-order valence-corrected chi connectivity index (χ1v) is 11.2. The van der Waals surface area contributed by atoms with Crippen molar-refractivity contribution in [2.24, 2.45) is 0 Å². The van der Waals surface area contributed by atoms with Gasteiger partial charge in [0.25, 0.3) is 0 Å². The zero-order valence-electron chi connectivity index (χ0n) is 17.5. The van der Waals surface area contributed by atoms with Crippen LogP contribution < -0.4 is 0 Å². The number of nitrogens with one attached hydrogen (secondary N) is 1. The maximum absolute atomic E-state index is 4.04. The molecule has 2 aromatic carbocycles. The molecule has 1 saturated heterocycles. The number of aryl methyl sites for hydroxylation is 3. The molecule has 0 spiro atoms. The number of fused-ring (bicyclic) bond motifs is 2. The van der Waals surface area contributed by atoms with Crippen molar-refractivity contribution < 1.29 is 0 Å². The Hall–Kier alpha value is -2.57. The highest BCUT2D eigenvalue weighted by Crippen LogP contribution is 2.37. The number of rotatable bonds is 6. The van der Waals surface area contributed by atoms with Crippen LogP contribution in [0, 0.1) is 0 Å². The Balaban J connectivity index is 1.23. The summed E-state index contributed by atoms with van der Waals surface area (Å²) in [6, 6.07) is 18.6. The summed E-state index contributed by atoms with van der Waals surface area (Å²) in [4.78, 5) is 5.32. The van der Waals surface area contributed by atoms with Gasteiger partial charge in [0.2, 0.25) is 0 Å². The molecule has 1 aliphatic carbocycles. The number of tetrazole rings is 1. The van der Waals surface area contributed by atoms with Gasteiger partial charge in [-0.05, 0) is 54.5 Å². The first-order valence-electron chi connectivity index (χ1n) is 11.2. The van der Waals surface area contributed by atoms with E-state index in [0.29, 0.717) is 6.04 Å². The van der Waals surface area contributed by atoms with Gasteiger partial charge < -0.3 is 4.90 Å². The second-order valence-electron chi connectivity index (χ2n) is 8.46. The maximum Gasteiger partial charge on any atom is 0.174 e. The van der Waals surface area contributed by atoms with E-state index in [1.807, 2.05) is 0 Å². The van der Waals surface area contributed by atoms with E-state index in [-0.39, 0.29) is 0 Å². The molecule has 2 heterocycles. The Bertz CT molecular complexity index is 898. The third kappa shape index (κ3) is 4.16. The minimum atomic E-state index is 0.389. The first kappa shape index (κ1) is 19.4. The fourth-order valence-corrected chi connectivity index (χ4v) is 5.04. The summed E-state index contributed by atoms with van der Waals surface area (Å²) in [5, 5.41) is 14.2. The number of aromatic nitrogens is 4. The molecule has 156 valence electrons. The molecule has 0 radical (unpaired) electrons. The van der Waals surface area contributed by atoms with Crippen LogP contribution in [0.2, 0.25) is 0 Å². The first-order chi connectivity index (χ1) is 14.9. The Morgan fingerprint density at radius 1 is 0.833 bits per heavy atom. The lowest BCUT2D eigenvalue weighted by atomic mass is 9.92. The number of hydrogen-bond acceptors (Lipinski definition) is 5. The molecule has 3 aromatic rings. The van der Waals surface area contributed by atoms with Gasteiger partial charge in [-0.1, -0.05) is 53.7 Å². The zero-order valence-corrected chi connectivity index (χ0v) is 17.5. The normalized spacial score (nSPS) is 18.0. The van der Waals surface area contributed by atoms with Crippen LogP contribution in [0.3, 0.4) is 0 Å². The van der Waals surface area contributed by atoms with Crippen LogP contribution in [-0.2, 0) is 19.3 Å². The lowest BCUT2D eigenvalue weighted by molar-refractivity contribution is 0.108.